The van der Waals surface area contributed by atoms with E-state index >= 15 is 0 Å². The van der Waals surface area contributed by atoms with E-state index in [1.807, 2.05) is 0 Å². The van der Waals surface area contributed by atoms with Gasteiger partial charge in [0.15, 0.2) is 6.10 Å². The molecule has 4 N–H and O–H groups in total. The molecule has 0 rings (SSSR count). The lowest BCUT2D eigenvalue weighted by molar-refractivity contribution is -0.155. The molecule has 0 aromatic rings. The number of aliphatic hydroxyl groups excluding tert-OH is 3. The number of unbranched alkanes of at least 4 members (excludes halogenated alkanes) is 28. The molecule has 7 heteroatoms. The molecular formula is C42H83NO6. The second-order valence-corrected chi connectivity index (χ2v) is 14.9. The van der Waals surface area contributed by atoms with E-state index in [1.54, 1.807) is 0 Å². The highest BCUT2D eigenvalue weighted by Crippen LogP contribution is 2.17. The molecule has 0 bridgehead atoms. The standard InChI is InChI=1S/C42H83NO6/c1-4-6-8-10-12-14-16-17-18-19-20-21-22-23-24-25-27-29-31-33-35-40(49-37(3)45)42(48)43-38(36-44)41(47)39(46)34-32-30-28-26-15-13-11-9-7-5-2/h38-41,44,46-47H,4-36H2,1-3H3,(H,43,48)/t38-,39+,40+,41-/m0/s1. The van der Waals surface area contributed by atoms with E-state index in [1.165, 1.54) is 161 Å². The predicted molar refractivity (Wildman–Crippen MR) is 206 cm³/mol. The molecule has 0 heterocycles. The Morgan fingerprint density at radius 1 is 0.510 bits per heavy atom. The molecule has 7 nitrogen and oxygen atoms in total. The maximum Gasteiger partial charge on any atom is 0.303 e. The maximum absolute atomic E-state index is 13.0. The third kappa shape index (κ3) is 31.3. The molecule has 0 saturated carbocycles. The zero-order chi connectivity index (χ0) is 36.2. The molecule has 0 unspecified atom stereocenters. The van der Waals surface area contributed by atoms with Gasteiger partial charge in [0.25, 0.3) is 5.91 Å². The summed E-state index contributed by atoms with van der Waals surface area (Å²) in [5.74, 6) is -1.06. The molecule has 0 fully saturated rings. The molecule has 0 spiro atoms. The maximum atomic E-state index is 13.0. The van der Waals surface area contributed by atoms with Gasteiger partial charge in [0, 0.05) is 6.92 Å². The van der Waals surface area contributed by atoms with E-state index in [0.717, 1.165) is 38.5 Å². The summed E-state index contributed by atoms with van der Waals surface area (Å²) >= 11 is 0. The number of carbonyl (C=O) groups is 2. The topological polar surface area (TPSA) is 116 Å². The van der Waals surface area contributed by atoms with Crippen molar-refractivity contribution in [2.75, 3.05) is 6.61 Å². The van der Waals surface area contributed by atoms with Crippen molar-refractivity contribution in [3.63, 3.8) is 0 Å². The fourth-order valence-electron chi connectivity index (χ4n) is 6.82. The van der Waals surface area contributed by atoms with Crippen LogP contribution in [0.3, 0.4) is 0 Å². The van der Waals surface area contributed by atoms with E-state index < -0.39 is 42.8 Å². The molecule has 0 aliphatic rings. The Morgan fingerprint density at radius 3 is 1.12 bits per heavy atom. The van der Waals surface area contributed by atoms with Crippen molar-refractivity contribution in [3.8, 4) is 0 Å². The summed E-state index contributed by atoms with van der Waals surface area (Å²) in [5.41, 5.74) is 0. The van der Waals surface area contributed by atoms with Gasteiger partial charge < -0.3 is 25.4 Å². The number of nitrogens with one attached hydrogen (secondary N) is 1. The van der Waals surface area contributed by atoms with E-state index in [4.69, 9.17) is 4.74 Å². The van der Waals surface area contributed by atoms with Gasteiger partial charge in [0.05, 0.1) is 18.8 Å². The molecule has 0 saturated heterocycles. The Morgan fingerprint density at radius 2 is 0.816 bits per heavy atom. The first-order valence-electron chi connectivity index (χ1n) is 21.3. The summed E-state index contributed by atoms with van der Waals surface area (Å²) in [7, 11) is 0. The van der Waals surface area contributed by atoms with Gasteiger partial charge in [-0.1, -0.05) is 200 Å². The second-order valence-electron chi connectivity index (χ2n) is 14.9. The van der Waals surface area contributed by atoms with E-state index in [-0.39, 0.29) is 0 Å². The van der Waals surface area contributed by atoms with Crippen molar-refractivity contribution >= 4 is 11.9 Å². The molecular weight excluding hydrogens is 614 g/mol. The van der Waals surface area contributed by atoms with Crippen molar-refractivity contribution < 1.29 is 29.6 Å². The van der Waals surface area contributed by atoms with Crippen LogP contribution in [-0.2, 0) is 14.3 Å². The van der Waals surface area contributed by atoms with Gasteiger partial charge in [-0.3, -0.25) is 9.59 Å². The SMILES string of the molecule is CCCCCCCCCCCCCCCCCCCCCC[C@@H](OC(C)=O)C(=O)N[C@@H](CO)[C@H](O)[C@H](O)CCCCCCCCCCCC. The van der Waals surface area contributed by atoms with Crippen LogP contribution in [0.25, 0.3) is 0 Å². The summed E-state index contributed by atoms with van der Waals surface area (Å²) in [6.07, 6.45) is 35.3. The van der Waals surface area contributed by atoms with Gasteiger partial charge in [-0.25, -0.2) is 0 Å². The first-order valence-corrected chi connectivity index (χ1v) is 21.3. The summed E-state index contributed by atoms with van der Waals surface area (Å²) in [6.45, 7) is 5.28. The molecule has 1 amide bonds. The molecule has 49 heavy (non-hydrogen) atoms. The van der Waals surface area contributed by atoms with Gasteiger partial charge in [0.1, 0.15) is 6.10 Å². The Kier molecular flexibility index (Phi) is 35.7. The number of carbonyl (C=O) groups excluding carboxylic acids is 2. The summed E-state index contributed by atoms with van der Waals surface area (Å²) in [5, 5.41) is 33.7. The third-order valence-electron chi connectivity index (χ3n) is 10.1. The zero-order valence-electron chi connectivity index (χ0n) is 32.7. The van der Waals surface area contributed by atoms with Gasteiger partial charge in [-0.15, -0.1) is 0 Å². The number of rotatable bonds is 38. The van der Waals surface area contributed by atoms with Crippen LogP contribution >= 0.6 is 0 Å². The molecule has 0 radical (unpaired) electrons. The Bertz CT molecular complexity index is 719. The molecule has 292 valence electrons. The molecule has 0 aliphatic heterocycles. The van der Waals surface area contributed by atoms with Crippen molar-refractivity contribution in [2.45, 2.75) is 251 Å². The van der Waals surface area contributed by atoms with Crippen LogP contribution in [0.4, 0.5) is 0 Å². The first kappa shape index (κ1) is 47.8. The quantitative estimate of drug-likeness (QED) is 0.0377. The number of hydrogen-bond acceptors (Lipinski definition) is 6. The highest BCUT2D eigenvalue weighted by molar-refractivity contribution is 5.83. The minimum Gasteiger partial charge on any atom is -0.452 e. The molecule has 0 aliphatic carbocycles. The fraction of sp³-hybridized carbons (Fsp3) is 0.952. The fourth-order valence-corrected chi connectivity index (χ4v) is 6.82. The lowest BCUT2D eigenvalue weighted by atomic mass is 9.99. The van der Waals surface area contributed by atoms with Crippen LogP contribution < -0.4 is 5.32 Å². The Labute approximate surface area is 303 Å². The lowest BCUT2D eigenvalue weighted by Gasteiger charge is -2.28. The van der Waals surface area contributed by atoms with Crippen LogP contribution in [0.15, 0.2) is 0 Å². The average Bonchev–Trinajstić information content (AvgIpc) is 3.09. The average molecular weight is 698 g/mol. The van der Waals surface area contributed by atoms with Gasteiger partial charge in [0.2, 0.25) is 0 Å². The number of hydrogen-bond donors (Lipinski definition) is 4. The minimum atomic E-state index is -1.29. The van der Waals surface area contributed by atoms with Gasteiger partial charge in [-0.2, -0.15) is 0 Å². The van der Waals surface area contributed by atoms with Crippen LogP contribution in [0, 0.1) is 0 Å². The summed E-state index contributed by atoms with van der Waals surface area (Å²) in [6, 6.07) is -1.02. The number of amides is 1. The first-order chi connectivity index (χ1) is 23.9. The van der Waals surface area contributed by atoms with Crippen molar-refractivity contribution in [2.24, 2.45) is 0 Å². The summed E-state index contributed by atoms with van der Waals surface area (Å²) in [4.78, 5) is 24.7. The van der Waals surface area contributed by atoms with Crippen molar-refractivity contribution in [1.29, 1.82) is 0 Å². The van der Waals surface area contributed by atoms with E-state index in [0.29, 0.717) is 12.8 Å². The van der Waals surface area contributed by atoms with Crippen molar-refractivity contribution in [3.05, 3.63) is 0 Å². The predicted octanol–water partition coefficient (Wildman–Crippen LogP) is 10.6. The normalized spacial score (nSPS) is 14.0. The van der Waals surface area contributed by atoms with Crippen LogP contribution in [0.5, 0.6) is 0 Å². The Balaban J connectivity index is 4.01. The smallest absolute Gasteiger partial charge is 0.303 e. The van der Waals surface area contributed by atoms with Crippen LogP contribution in [-0.4, -0.2) is 58.2 Å². The second kappa shape index (κ2) is 36.6. The lowest BCUT2D eigenvalue weighted by Crippen LogP contribution is -2.53. The third-order valence-corrected chi connectivity index (χ3v) is 10.1. The highest BCUT2D eigenvalue weighted by Gasteiger charge is 2.30. The number of aliphatic hydroxyl groups is 3. The van der Waals surface area contributed by atoms with Crippen LogP contribution in [0.2, 0.25) is 0 Å². The largest absolute Gasteiger partial charge is 0.452 e. The van der Waals surface area contributed by atoms with Gasteiger partial charge >= 0.3 is 5.97 Å². The summed E-state index contributed by atoms with van der Waals surface area (Å²) < 4.78 is 5.30. The van der Waals surface area contributed by atoms with E-state index in [9.17, 15) is 24.9 Å². The van der Waals surface area contributed by atoms with Crippen molar-refractivity contribution in [1.82, 2.24) is 5.32 Å². The molecule has 0 aromatic heterocycles. The zero-order valence-corrected chi connectivity index (χ0v) is 32.7. The molecule has 4 atom stereocenters. The number of ether oxygens (including phenoxy) is 1. The monoisotopic (exact) mass is 698 g/mol. The van der Waals surface area contributed by atoms with E-state index in [2.05, 4.69) is 19.2 Å². The minimum absolute atomic E-state index is 0.403. The Hall–Kier alpha value is -1.18. The number of esters is 1. The molecule has 0 aromatic carbocycles. The highest BCUT2D eigenvalue weighted by atomic mass is 16.5. The van der Waals surface area contributed by atoms with Gasteiger partial charge in [-0.05, 0) is 19.3 Å². The van der Waals surface area contributed by atoms with Crippen LogP contribution in [0.1, 0.15) is 226 Å².